The lowest BCUT2D eigenvalue weighted by atomic mass is 9.78. The number of tetrazole rings is 1. The number of carbonyl (C=O) groups is 1. The molecular formula is C25H29N5O3S. The molecule has 0 saturated heterocycles. The third kappa shape index (κ3) is 4.58. The number of aliphatic hydroxyl groups excluding tert-OH is 1. The number of aromatic nitrogens is 4. The summed E-state index contributed by atoms with van der Waals surface area (Å²) in [6, 6.07) is 11.5. The second-order valence-electron chi connectivity index (χ2n) is 10.1. The molecule has 34 heavy (non-hydrogen) atoms. The van der Waals surface area contributed by atoms with E-state index < -0.39 is 5.41 Å². The van der Waals surface area contributed by atoms with E-state index in [-0.39, 0.29) is 30.2 Å². The molecule has 0 fully saturated rings. The second-order valence-corrected chi connectivity index (χ2v) is 11.2. The number of anilines is 1. The van der Waals surface area contributed by atoms with Crippen molar-refractivity contribution in [3.63, 3.8) is 0 Å². The SMILES string of the molecule is CC(C)(C)c1cc(C=C2Sc3ccccc3N(Cc3nnn[nH]3)C2=O)cc(C(C)(C)CO)c1O. The molecule has 0 unspecified atom stereocenters. The summed E-state index contributed by atoms with van der Waals surface area (Å²) in [5, 5.41) is 34.9. The van der Waals surface area contributed by atoms with Crippen molar-refractivity contribution in [2.24, 2.45) is 0 Å². The van der Waals surface area contributed by atoms with Crippen LogP contribution in [0, 0.1) is 0 Å². The number of fused-ring (bicyclic) bond motifs is 1. The molecule has 3 N–H and O–H groups in total. The van der Waals surface area contributed by atoms with E-state index in [1.54, 1.807) is 4.90 Å². The first-order valence-electron chi connectivity index (χ1n) is 11.0. The first kappa shape index (κ1) is 24.0. The van der Waals surface area contributed by atoms with Crippen LogP contribution in [0.15, 0.2) is 46.2 Å². The van der Waals surface area contributed by atoms with Gasteiger partial charge in [-0.3, -0.25) is 9.69 Å². The molecule has 0 bridgehead atoms. The van der Waals surface area contributed by atoms with Gasteiger partial charge < -0.3 is 10.2 Å². The lowest BCUT2D eigenvalue weighted by molar-refractivity contribution is -0.114. The Morgan fingerprint density at radius 3 is 2.47 bits per heavy atom. The molecule has 0 saturated carbocycles. The van der Waals surface area contributed by atoms with Crippen LogP contribution in [-0.4, -0.2) is 43.4 Å². The van der Waals surface area contributed by atoms with E-state index in [0.29, 0.717) is 16.3 Å². The number of carbonyl (C=O) groups excluding carboxylic acids is 1. The molecule has 0 atom stereocenters. The number of hydrogen-bond acceptors (Lipinski definition) is 7. The Hall–Kier alpha value is -3.17. The highest BCUT2D eigenvalue weighted by Crippen LogP contribution is 2.44. The van der Waals surface area contributed by atoms with Gasteiger partial charge in [0.1, 0.15) is 5.75 Å². The monoisotopic (exact) mass is 479 g/mol. The fourth-order valence-corrected chi connectivity index (χ4v) is 4.94. The van der Waals surface area contributed by atoms with Crippen molar-refractivity contribution in [3.8, 4) is 5.75 Å². The Kier molecular flexibility index (Phi) is 6.26. The van der Waals surface area contributed by atoms with Gasteiger partial charge in [-0.2, -0.15) is 0 Å². The molecular weight excluding hydrogens is 450 g/mol. The van der Waals surface area contributed by atoms with Gasteiger partial charge in [0.05, 0.1) is 23.7 Å². The van der Waals surface area contributed by atoms with E-state index in [4.69, 9.17) is 0 Å². The van der Waals surface area contributed by atoms with Gasteiger partial charge in [-0.05, 0) is 51.7 Å². The van der Waals surface area contributed by atoms with Crippen LogP contribution in [0.1, 0.15) is 57.1 Å². The molecule has 0 aliphatic carbocycles. The fourth-order valence-electron chi connectivity index (χ4n) is 3.88. The number of amides is 1. The zero-order chi connectivity index (χ0) is 24.7. The maximum absolute atomic E-state index is 13.6. The molecule has 3 aromatic rings. The smallest absolute Gasteiger partial charge is 0.265 e. The summed E-state index contributed by atoms with van der Waals surface area (Å²) < 4.78 is 0. The summed E-state index contributed by atoms with van der Waals surface area (Å²) >= 11 is 1.41. The Balaban J connectivity index is 1.83. The fraction of sp³-hybridized carbons (Fsp3) is 0.360. The van der Waals surface area contributed by atoms with E-state index in [0.717, 1.165) is 21.7 Å². The van der Waals surface area contributed by atoms with Gasteiger partial charge >= 0.3 is 0 Å². The van der Waals surface area contributed by atoms with E-state index in [9.17, 15) is 15.0 Å². The van der Waals surface area contributed by atoms with Crippen molar-refractivity contribution in [1.82, 2.24) is 20.6 Å². The molecule has 178 valence electrons. The van der Waals surface area contributed by atoms with Crippen LogP contribution in [0.3, 0.4) is 0 Å². The van der Waals surface area contributed by atoms with E-state index in [2.05, 4.69) is 20.6 Å². The predicted octanol–water partition coefficient (Wildman–Crippen LogP) is 4.15. The second kappa shape index (κ2) is 8.88. The Labute approximate surface area is 203 Å². The van der Waals surface area contributed by atoms with Crippen LogP contribution in [-0.2, 0) is 22.2 Å². The van der Waals surface area contributed by atoms with E-state index >= 15 is 0 Å². The van der Waals surface area contributed by atoms with Gasteiger partial charge in [-0.15, -0.1) is 5.10 Å². The standard InChI is InChI=1S/C25H29N5O3S/c1-24(2,3)16-10-15(11-17(22(16)32)25(4,5)14-31)12-20-23(33)30(13-21-26-28-29-27-21)18-8-6-7-9-19(18)34-20/h6-12,31-32H,13-14H2,1-5H3,(H,26,27,28,29). The Morgan fingerprint density at radius 1 is 1.12 bits per heavy atom. The summed E-state index contributed by atoms with van der Waals surface area (Å²) in [4.78, 5) is 16.7. The highest BCUT2D eigenvalue weighted by atomic mass is 32.2. The predicted molar refractivity (Wildman–Crippen MR) is 133 cm³/mol. The van der Waals surface area contributed by atoms with Gasteiger partial charge in [0, 0.05) is 21.4 Å². The van der Waals surface area contributed by atoms with E-state index in [1.165, 1.54) is 11.8 Å². The first-order chi connectivity index (χ1) is 16.0. The number of hydrogen-bond donors (Lipinski definition) is 3. The zero-order valence-electron chi connectivity index (χ0n) is 20.0. The number of thioether (sulfide) groups is 1. The van der Waals surface area contributed by atoms with Gasteiger partial charge in [0.2, 0.25) is 0 Å². The summed E-state index contributed by atoms with van der Waals surface area (Å²) in [5.74, 6) is 0.510. The largest absolute Gasteiger partial charge is 0.507 e. The highest BCUT2D eigenvalue weighted by Gasteiger charge is 2.32. The minimum Gasteiger partial charge on any atom is -0.507 e. The first-order valence-corrected chi connectivity index (χ1v) is 11.8. The topological polar surface area (TPSA) is 115 Å². The average molecular weight is 480 g/mol. The molecule has 2 aromatic carbocycles. The number of para-hydroxylation sites is 1. The normalized spacial score (nSPS) is 15.6. The summed E-state index contributed by atoms with van der Waals surface area (Å²) in [7, 11) is 0. The number of nitrogens with zero attached hydrogens (tertiary/aromatic N) is 4. The average Bonchev–Trinajstić information content (AvgIpc) is 3.30. The molecule has 1 aliphatic rings. The van der Waals surface area contributed by atoms with Crippen LogP contribution in [0.2, 0.25) is 0 Å². The van der Waals surface area contributed by atoms with Crippen molar-refractivity contribution in [2.75, 3.05) is 11.5 Å². The number of nitrogens with one attached hydrogen (secondary N) is 1. The minimum absolute atomic E-state index is 0.121. The quantitative estimate of drug-likeness (QED) is 0.471. The number of benzene rings is 2. The molecule has 2 heterocycles. The van der Waals surface area contributed by atoms with Crippen LogP contribution >= 0.6 is 11.8 Å². The Morgan fingerprint density at radius 2 is 1.82 bits per heavy atom. The highest BCUT2D eigenvalue weighted by molar-refractivity contribution is 8.04. The number of aliphatic hydroxyl groups is 1. The third-order valence-electron chi connectivity index (χ3n) is 5.89. The molecule has 1 amide bonds. The molecule has 1 aliphatic heterocycles. The third-order valence-corrected chi connectivity index (χ3v) is 6.97. The number of aromatic amines is 1. The van der Waals surface area contributed by atoms with Crippen LogP contribution in [0.4, 0.5) is 5.69 Å². The maximum Gasteiger partial charge on any atom is 0.265 e. The lowest BCUT2D eigenvalue weighted by Gasteiger charge is -2.30. The lowest BCUT2D eigenvalue weighted by Crippen LogP contribution is -2.34. The van der Waals surface area contributed by atoms with Crippen LogP contribution < -0.4 is 4.90 Å². The van der Waals surface area contributed by atoms with Crippen LogP contribution in [0.5, 0.6) is 5.75 Å². The molecule has 0 radical (unpaired) electrons. The molecule has 9 heteroatoms. The number of rotatable bonds is 5. The molecule has 4 rings (SSSR count). The summed E-state index contributed by atoms with van der Waals surface area (Å²) in [6.07, 6.45) is 1.85. The number of aromatic hydroxyl groups is 1. The number of phenols is 1. The summed E-state index contributed by atoms with van der Waals surface area (Å²) in [6.45, 7) is 9.94. The molecule has 8 nitrogen and oxygen atoms in total. The van der Waals surface area contributed by atoms with Crippen LogP contribution in [0.25, 0.3) is 6.08 Å². The van der Waals surface area contributed by atoms with Crippen molar-refractivity contribution < 1.29 is 15.0 Å². The molecule has 1 aromatic heterocycles. The number of phenolic OH excluding ortho intramolecular Hbond substituents is 1. The van der Waals surface area contributed by atoms with Crippen molar-refractivity contribution in [1.29, 1.82) is 0 Å². The summed E-state index contributed by atoms with van der Waals surface area (Å²) in [5.41, 5.74) is 2.01. The van der Waals surface area contributed by atoms with Crippen molar-refractivity contribution in [2.45, 2.75) is 56.9 Å². The zero-order valence-corrected chi connectivity index (χ0v) is 20.8. The van der Waals surface area contributed by atoms with Crippen molar-refractivity contribution >= 4 is 29.4 Å². The van der Waals surface area contributed by atoms with Gasteiger partial charge in [-0.1, -0.05) is 58.5 Å². The molecule has 0 spiro atoms. The van der Waals surface area contributed by atoms with Gasteiger partial charge in [0.15, 0.2) is 5.82 Å². The van der Waals surface area contributed by atoms with Crippen molar-refractivity contribution in [3.05, 3.63) is 63.8 Å². The number of H-pyrrole nitrogens is 1. The van der Waals surface area contributed by atoms with Gasteiger partial charge in [-0.25, -0.2) is 5.10 Å². The van der Waals surface area contributed by atoms with Gasteiger partial charge in [0.25, 0.3) is 5.91 Å². The maximum atomic E-state index is 13.6. The minimum atomic E-state index is -0.653. The van der Waals surface area contributed by atoms with E-state index in [1.807, 2.05) is 77.1 Å². The Bertz CT molecular complexity index is 1250.